The van der Waals surface area contributed by atoms with Crippen molar-refractivity contribution in [3.05, 3.63) is 53.2 Å². The van der Waals surface area contributed by atoms with E-state index in [0.29, 0.717) is 5.69 Å². The monoisotopic (exact) mass is 325 g/mol. The molecular formula is C19H23N3O2. The summed E-state index contributed by atoms with van der Waals surface area (Å²) in [6.07, 6.45) is 0.153. The normalized spacial score (nSPS) is 14.2. The average Bonchev–Trinajstić information content (AvgIpc) is 2.52. The van der Waals surface area contributed by atoms with E-state index >= 15 is 0 Å². The first-order chi connectivity index (χ1) is 11.5. The molecule has 1 aromatic heterocycles. The van der Waals surface area contributed by atoms with Crippen LogP contribution in [0, 0.1) is 13.8 Å². The minimum Gasteiger partial charge on any atom is -0.486 e. The molecule has 1 aliphatic heterocycles. The maximum atomic E-state index is 12.0. The highest BCUT2D eigenvalue weighted by Gasteiger charge is 2.30. The van der Waals surface area contributed by atoms with E-state index in [1.165, 1.54) is 4.90 Å². The van der Waals surface area contributed by atoms with Gasteiger partial charge in [-0.3, -0.25) is 4.79 Å². The predicted molar refractivity (Wildman–Crippen MR) is 94.8 cm³/mol. The molecule has 3 rings (SSSR count). The summed E-state index contributed by atoms with van der Waals surface area (Å²) >= 11 is 0. The van der Waals surface area contributed by atoms with Gasteiger partial charge in [-0.25, -0.2) is 4.98 Å². The number of hydrogen-bond acceptors (Lipinski definition) is 4. The maximum absolute atomic E-state index is 12.0. The molecule has 0 bridgehead atoms. The van der Waals surface area contributed by atoms with Gasteiger partial charge in [-0.15, -0.1) is 0 Å². The Morgan fingerprint density at radius 3 is 2.38 bits per heavy atom. The first-order valence-electron chi connectivity index (χ1n) is 8.12. The number of aromatic nitrogens is 1. The molecule has 0 radical (unpaired) electrons. The van der Waals surface area contributed by atoms with Crippen molar-refractivity contribution in [3.8, 4) is 5.75 Å². The number of nitrogens with zero attached hydrogens (tertiary/aromatic N) is 3. The lowest BCUT2D eigenvalue weighted by molar-refractivity contribution is 0.0822. The van der Waals surface area contributed by atoms with E-state index in [1.54, 1.807) is 20.2 Å². The van der Waals surface area contributed by atoms with Gasteiger partial charge in [-0.05, 0) is 37.1 Å². The highest BCUT2D eigenvalue weighted by atomic mass is 16.5. The van der Waals surface area contributed by atoms with Gasteiger partial charge in [0.2, 0.25) is 0 Å². The molecule has 24 heavy (non-hydrogen) atoms. The van der Waals surface area contributed by atoms with Gasteiger partial charge < -0.3 is 14.5 Å². The fraction of sp³-hybridized carbons (Fsp3) is 0.368. The molecule has 126 valence electrons. The Kier molecular flexibility index (Phi) is 4.42. The van der Waals surface area contributed by atoms with Gasteiger partial charge in [0.15, 0.2) is 0 Å². The number of carbonyl (C=O) groups is 1. The Labute approximate surface area is 142 Å². The average molecular weight is 325 g/mol. The summed E-state index contributed by atoms with van der Waals surface area (Å²) in [5.74, 6) is 1.72. The summed E-state index contributed by atoms with van der Waals surface area (Å²) < 4.78 is 6.13. The van der Waals surface area contributed by atoms with Crippen LogP contribution in [0.15, 0.2) is 36.4 Å². The van der Waals surface area contributed by atoms with Crippen LogP contribution in [0.2, 0.25) is 0 Å². The molecule has 0 saturated carbocycles. The van der Waals surface area contributed by atoms with Crippen molar-refractivity contribution in [1.82, 2.24) is 9.88 Å². The summed E-state index contributed by atoms with van der Waals surface area (Å²) in [7, 11) is 3.46. The summed E-state index contributed by atoms with van der Waals surface area (Å²) in [5, 5.41) is 0. The first kappa shape index (κ1) is 16.3. The molecule has 0 unspecified atom stereocenters. The second kappa shape index (κ2) is 6.51. The number of aryl methyl sites for hydroxylation is 2. The number of pyridine rings is 1. The topological polar surface area (TPSA) is 45.7 Å². The van der Waals surface area contributed by atoms with Crippen LogP contribution in [-0.2, 0) is 0 Å². The van der Waals surface area contributed by atoms with Crippen molar-refractivity contribution in [2.24, 2.45) is 0 Å². The zero-order chi connectivity index (χ0) is 17.3. The van der Waals surface area contributed by atoms with E-state index in [4.69, 9.17) is 4.74 Å². The Bertz CT molecular complexity index is 732. The molecule has 5 heteroatoms. The second-order valence-electron chi connectivity index (χ2n) is 6.45. The largest absolute Gasteiger partial charge is 0.486 e. The molecule has 1 aromatic carbocycles. The molecular weight excluding hydrogens is 302 g/mol. The second-order valence-corrected chi connectivity index (χ2v) is 6.45. The van der Waals surface area contributed by atoms with Crippen LogP contribution in [0.3, 0.4) is 0 Å². The van der Waals surface area contributed by atoms with Crippen LogP contribution in [0.5, 0.6) is 5.75 Å². The Morgan fingerprint density at radius 1 is 1.12 bits per heavy atom. The molecule has 2 aromatic rings. The van der Waals surface area contributed by atoms with E-state index in [-0.39, 0.29) is 12.0 Å². The molecule has 0 atom stereocenters. The molecule has 5 nitrogen and oxygen atoms in total. The molecule has 1 amide bonds. The van der Waals surface area contributed by atoms with E-state index in [9.17, 15) is 4.79 Å². The minimum atomic E-state index is -0.0827. The van der Waals surface area contributed by atoms with Gasteiger partial charge in [-0.2, -0.15) is 0 Å². The van der Waals surface area contributed by atoms with Crippen LogP contribution in [0.1, 0.15) is 21.6 Å². The third-order valence-corrected chi connectivity index (χ3v) is 4.23. The SMILES string of the molecule is Cc1cccc(C)c1OC1CN(c2cccc(C(=O)N(C)C)n2)C1. The molecule has 0 aliphatic carbocycles. The van der Waals surface area contributed by atoms with E-state index < -0.39 is 0 Å². The highest BCUT2D eigenvalue weighted by Crippen LogP contribution is 2.27. The lowest BCUT2D eigenvalue weighted by Gasteiger charge is -2.40. The van der Waals surface area contributed by atoms with Crippen LogP contribution < -0.4 is 9.64 Å². The summed E-state index contributed by atoms with van der Waals surface area (Å²) in [5.41, 5.74) is 2.78. The molecule has 1 aliphatic rings. The summed E-state index contributed by atoms with van der Waals surface area (Å²) in [6.45, 7) is 5.69. The van der Waals surface area contributed by atoms with Gasteiger partial charge in [0, 0.05) is 14.1 Å². The molecule has 1 saturated heterocycles. The predicted octanol–water partition coefficient (Wildman–Crippen LogP) is 2.67. The highest BCUT2D eigenvalue weighted by molar-refractivity contribution is 5.92. The van der Waals surface area contributed by atoms with Crippen molar-refractivity contribution >= 4 is 11.7 Å². The van der Waals surface area contributed by atoms with Crippen molar-refractivity contribution in [3.63, 3.8) is 0 Å². The van der Waals surface area contributed by atoms with E-state index in [2.05, 4.69) is 35.9 Å². The molecule has 1 fully saturated rings. The van der Waals surface area contributed by atoms with Gasteiger partial charge in [0.05, 0.1) is 13.1 Å². The van der Waals surface area contributed by atoms with Crippen molar-refractivity contribution in [2.75, 3.05) is 32.1 Å². The van der Waals surface area contributed by atoms with Gasteiger partial charge in [0.1, 0.15) is 23.4 Å². The van der Waals surface area contributed by atoms with E-state index in [0.717, 1.165) is 35.8 Å². The van der Waals surface area contributed by atoms with Crippen molar-refractivity contribution < 1.29 is 9.53 Å². The molecule has 0 spiro atoms. The number of ether oxygens (including phenoxy) is 1. The Morgan fingerprint density at radius 2 is 1.75 bits per heavy atom. The number of carbonyl (C=O) groups excluding carboxylic acids is 1. The number of anilines is 1. The fourth-order valence-electron chi connectivity index (χ4n) is 2.80. The standard InChI is InChI=1S/C19H23N3O2/c1-13-7-5-8-14(2)18(13)24-15-11-22(12-15)17-10-6-9-16(20-17)19(23)21(3)4/h5-10,15H,11-12H2,1-4H3. The van der Waals surface area contributed by atoms with Crippen LogP contribution in [0.25, 0.3) is 0 Å². The lowest BCUT2D eigenvalue weighted by atomic mass is 10.1. The molecule has 0 N–H and O–H groups in total. The smallest absolute Gasteiger partial charge is 0.272 e. The van der Waals surface area contributed by atoms with E-state index in [1.807, 2.05) is 18.2 Å². The quantitative estimate of drug-likeness (QED) is 0.867. The zero-order valence-electron chi connectivity index (χ0n) is 14.6. The van der Waals surface area contributed by atoms with Crippen LogP contribution in [-0.4, -0.2) is 49.1 Å². The van der Waals surface area contributed by atoms with Crippen LogP contribution in [0.4, 0.5) is 5.82 Å². The zero-order valence-corrected chi connectivity index (χ0v) is 14.6. The minimum absolute atomic E-state index is 0.0827. The molecule has 2 heterocycles. The summed E-state index contributed by atoms with van der Waals surface area (Å²) in [6, 6.07) is 11.7. The number of amides is 1. The number of rotatable bonds is 4. The maximum Gasteiger partial charge on any atom is 0.272 e. The third-order valence-electron chi connectivity index (χ3n) is 4.23. The van der Waals surface area contributed by atoms with Crippen LogP contribution >= 0.6 is 0 Å². The number of para-hydroxylation sites is 1. The van der Waals surface area contributed by atoms with Gasteiger partial charge in [0.25, 0.3) is 5.91 Å². The number of hydrogen-bond donors (Lipinski definition) is 0. The fourth-order valence-corrected chi connectivity index (χ4v) is 2.80. The number of benzene rings is 1. The van der Waals surface area contributed by atoms with Gasteiger partial charge >= 0.3 is 0 Å². The Hall–Kier alpha value is -2.56. The van der Waals surface area contributed by atoms with Crippen molar-refractivity contribution in [2.45, 2.75) is 20.0 Å². The Balaban J connectivity index is 1.65. The lowest BCUT2D eigenvalue weighted by Crippen LogP contribution is -2.54. The van der Waals surface area contributed by atoms with Gasteiger partial charge in [-0.1, -0.05) is 24.3 Å². The summed E-state index contributed by atoms with van der Waals surface area (Å²) in [4.78, 5) is 20.2. The first-order valence-corrected chi connectivity index (χ1v) is 8.12. The third kappa shape index (κ3) is 3.20. The van der Waals surface area contributed by atoms with Crippen molar-refractivity contribution in [1.29, 1.82) is 0 Å².